The van der Waals surface area contributed by atoms with E-state index in [1.165, 1.54) is 141 Å². The van der Waals surface area contributed by atoms with Gasteiger partial charge in [0.1, 0.15) is 19.3 Å². The van der Waals surface area contributed by atoms with Crippen LogP contribution in [0, 0.1) is 0 Å². The Morgan fingerprint density at radius 3 is 1.40 bits per heavy atom. The lowest BCUT2D eigenvalue weighted by molar-refractivity contribution is -0.870. The van der Waals surface area contributed by atoms with Gasteiger partial charge >= 0.3 is 5.97 Å². The summed E-state index contributed by atoms with van der Waals surface area (Å²) in [6.45, 7) is 5.30. The van der Waals surface area contributed by atoms with Crippen molar-refractivity contribution in [3.8, 4) is 0 Å². The molecule has 0 saturated heterocycles. The average Bonchev–Trinajstić information content (AvgIpc) is 3.24. The SMILES string of the molecule is CC/C=C\C/C=C\C/C=C\C/C=C\CCCCCCCCCCCOCC(COP(=O)([O-])OCC[N+](C)(C)C)OC(=O)CCCCCCCCCCC/C=C\CCCCCCCC. The zero-order valence-corrected chi connectivity index (χ0v) is 42.7. The van der Waals surface area contributed by atoms with Crippen LogP contribution in [0.15, 0.2) is 60.8 Å². The molecule has 2 atom stereocenters. The maximum absolute atomic E-state index is 12.8. The summed E-state index contributed by atoms with van der Waals surface area (Å²) < 4.78 is 34.8. The molecule has 0 radical (unpaired) electrons. The molecule has 0 fully saturated rings. The summed E-state index contributed by atoms with van der Waals surface area (Å²) in [4.78, 5) is 25.2. The fraction of sp³-hybridized carbons (Fsp3) is 0.796. The van der Waals surface area contributed by atoms with E-state index >= 15 is 0 Å². The summed E-state index contributed by atoms with van der Waals surface area (Å²) in [6, 6.07) is 0. The second-order valence-corrected chi connectivity index (χ2v) is 19.9. The van der Waals surface area contributed by atoms with E-state index in [-0.39, 0.29) is 25.8 Å². The van der Waals surface area contributed by atoms with Gasteiger partial charge in [-0.15, -0.1) is 0 Å². The minimum absolute atomic E-state index is 0.0227. The smallest absolute Gasteiger partial charge is 0.306 e. The average molecular weight is 906 g/mol. The van der Waals surface area contributed by atoms with Crippen LogP contribution >= 0.6 is 7.82 Å². The lowest BCUT2D eigenvalue weighted by atomic mass is 10.1. The lowest BCUT2D eigenvalue weighted by Gasteiger charge is -2.28. The summed E-state index contributed by atoms with van der Waals surface area (Å²) in [6.07, 6.45) is 59.5. The normalized spacial score (nSPS) is 14.1. The second-order valence-electron chi connectivity index (χ2n) is 18.5. The fourth-order valence-electron chi connectivity index (χ4n) is 7.06. The van der Waals surface area contributed by atoms with Gasteiger partial charge in [0.25, 0.3) is 7.82 Å². The van der Waals surface area contributed by atoms with Gasteiger partial charge in [-0.3, -0.25) is 9.36 Å². The molecule has 0 aromatic carbocycles. The van der Waals surface area contributed by atoms with Gasteiger partial charge < -0.3 is 27.9 Å². The van der Waals surface area contributed by atoms with Crippen molar-refractivity contribution in [3.63, 3.8) is 0 Å². The predicted molar refractivity (Wildman–Crippen MR) is 268 cm³/mol. The Morgan fingerprint density at radius 1 is 0.508 bits per heavy atom. The molecule has 0 aliphatic heterocycles. The summed E-state index contributed by atoms with van der Waals surface area (Å²) >= 11 is 0. The van der Waals surface area contributed by atoms with E-state index in [1.807, 2.05) is 21.1 Å². The number of phosphoric acid groups is 1. The van der Waals surface area contributed by atoms with E-state index in [0.29, 0.717) is 24.1 Å². The van der Waals surface area contributed by atoms with Crippen LogP contribution in [0.25, 0.3) is 0 Å². The molecule has 0 aliphatic rings. The third-order valence-corrected chi connectivity index (χ3v) is 12.0. The van der Waals surface area contributed by atoms with Gasteiger partial charge in [0.15, 0.2) is 0 Å². The molecule has 0 amide bonds. The largest absolute Gasteiger partial charge is 0.756 e. The van der Waals surface area contributed by atoms with Crippen molar-refractivity contribution in [2.75, 3.05) is 54.1 Å². The number of phosphoric ester groups is 1. The van der Waals surface area contributed by atoms with Crippen molar-refractivity contribution in [2.24, 2.45) is 0 Å². The van der Waals surface area contributed by atoms with Gasteiger partial charge in [-0.05, 0) is 77.0 Å². The Hall–Kier alpha value is -1.80. The van der Waals surface area contributed by atoms with E-state index in [2.05, 4.69) is 74.6 Å². The number of carbonyl (C=O) groups is 1. The molecule has 0 aromatic rings. The van der Waals surface area contributed by atoms with Crippen LogP contribution in [0.5, 0.6) is 0 Å². The molecule has 0 bridgehead atoms. The van der Waals surface area contributed by atoms with Crippen molar-refractivity contribution in [1.29, 1.82) is 0 Å². The van der Waals surface area contributed by atoms with Crippen molar-refractivity contribution in [2.45, 2.75) is 225 Å². The first-order chi connectivity index (χ1) is 30.6. The van der Waals surface area contributed by atoms with Crippen LogP contribution in [-0.4, -0.2) is 70.7 Å². The quantitative estimate of drug-likeness (QED) is 0.0197. The standard InChI is InChI=1S/C54H100NO7P/c1-6-8-10-12-14-16-18-20-22-24-26-27-28-30-32-34-36-38-40-42-44-46-49-59-51-53(52-61-63(57,58)60-50-48-55(3,4)5)62-54(56)47-45-43-41-39-37-35-33-31-29-25-23-21-19-17-15-13-11-9-7-2/h8,10,14,16,20-23,26-27,53H,6-7,9,11-13,15,17-19,24-25,28-52H2,1-5H3/b10-8-,16-14-,22-20-,23-21-,27-26-. The van der Waals surface area contributed by atoms with Crippen molar-refractivity contribution < 1.29 is 37.3 Å². The fourth-order valence-corrected chi connectivity index (χ4v) is 7.79. The summed E-state index contributed by atoms with van der Waals surface area (Å²) in [5, 5.41) is 0. The van der Waals surface area contributed by atoms with Gasteiger partial charge in [-0.2, -0.15) is 0 Å². The van der Waals surface area contributed by atoms with Gasteiger partial charge in [-0.1, -0.05) is 197 Å². The monoisotopic (exact) mass is 906 g/mol. The molecule has 0 spiro atoms. The van der Waals surface area contributed by atoms with E-state index in [1.54, 1.807) is 0 Å². The van der Waals surface area contributed by atoms with Crippen molar-refractivity contribution in [1.82, 2.24) is 0 Å². The lowest BCUT2D eigenvalue weighted by Crippen LogP contribution is -2.37. The number of ether oxygens (including phenoxy) is 2. The summed E-state index contributed by atoms with van der Waals surface area (Å²) in [5.74, 6) is -0.338. The van der Waals surface area contributed by atoms with E-state index in [9.17, 15) is 14.3 Å². The molecule has 0 saturated carbocycles. The number of likely N-dealkylation sites (N-methyl/N-ethyl adjacent to an activating group) is 1. The first-order valence-electron chi connectivity index (χ1n) is 26.0. The third-order valence-electron chi connectivity index (χ3n) is 11.1. The molecule has 9 heteroatoms. The number of hydrogen-bond donors (Lipinski definition) is 0. The second kappa shape index (κ2) is 46.7. The third kappa shape index (κ3) is 51.1. The number of hydrogen-bond acceptors (Lipinski definition) is 7. The summed E-state index contributed by atoms with van der Waals surface area (Å²) in [5.41, 5.74) is 0. The first kappa shape index (κ1) is 61.2. The molecule has 0 aromatic heterocycles. The summed E-state index contributed by atoms with van der Waals surface area (Å²) in [7, 11) is 1.35. The van der Waals surface area contributed by atoms with Crippen LogP contribution in [-0.2, 0) is 27.9 Å². The molecular formula is C54H100NO7P. The molecule has 0 N–H and O–H groups in total. The molecule has 8 nitrogen and oxygen atoms in total. The molecule has 0 heterocycles. The highest BCUT2D eigenvalue weighted by atomic mass is 31.2. The number of carbonyl (C=O) groups excluding carboxylic acids is 1. The zero-order chi connectivity index (χ0) is 46.2. The number of unbranched alkanes of at least 4 members (excludes halogenated alkanes) is 24. The van der Waals surface area contributed by atoms with E-state index in [0.717, 1.165) is 57.8 Å². The van der Waals surface area contributed by atoms with Gasteiger partial charge in [0.05, 0.1) is 34.4 Å². The topological polar surface area (TPSA) is 94.1 Å². The number of quaternary nitrogens is 1. The van der Waals surface area contributed by atoms with Crippen LogP contribution in [0.4, 0.5) is 0 Å². The number of rotatable bonds is 48. The Morgan fingerprint density at radius 2 is 0.921 bits per heavy atom. The minimum atomic E-state index is -4.54. The van der Waals surface area contributed by atoms with Crippen LogP contribution < -0.4 is 4.89 Å². The van der Waals surface area contributed by atoms with E-state index < -0.39 is 13.9 Å². The van der Waals surface area contributed by atoms with Gasteiger partial charge in [0, 0.05) is 13.0 Å². The van der Waals surface area contributed by atoms with Gasteiger partial charge in [0.2, 0.25) is 0 Å². The maximum atomic E-state index is 12.8. The van der Waals surface area contributed by atoms with Crippen molar-refractivity contribution in [3.05, 3.63) is 60.8 Å². The minimum Gasteiger partial charge on any atom is -0.756 e. The van der Waals surface area contributed by atoms with Crippen LogP contribution in [0.1, 0.15) is 219 Å². The van der Waals surface area contributed by atoms with Crippen LogP contribution in [0.2, 0.25) is 0 Å². The van der Waals surface area contributed by atoms with Gasteiger partial charge in [-0.25, -0.2) is 0 Å². The maximum Gasteiger partial charge on any atom is 0.306 e. The number of esters is 1. The molecule has 368 valence electrons. The zero-order valence-electron chi connectivity index (χ0n) is 41.8. The number of nitrogens with zero attached hydrogens (tertiary/aromatic N) is 1. The Balaban J connectivity index is 4.15. The number of allylic oxidation sites excluding steroid dienone is 10. The highest BCUT2D eigenvalue weighted by molar-refractivity contribution is 7.45. The van der Waals surface area contributed by atoms with Crippen molar-refractivity contribution >= 4 is 13.8 Å². The molecule has 0 aliphatic carbocycles. The molecule has 2 unspecified atom stereocenters. The predicted octanol–water partition coefficient (Wildman–Crippen LogP) is 15.4. The molecule has 63 heavy (non-hydrogen) atoms. The molecule has 0 rings (SSSR count). The highest BCUT2D eigenvalue weighted by Gasteiger charge is 2.20. The first-order valence-corrected chi connectivity index (χ1v) is 27.5. The van der Waals surface area contributed by atoms with Crippen LogP contribution in [0.3, 0.4) is 0 Å². The van der Waals surface area contributed by atoms with E-state index in [4.69, 9.17) is 18.5 Å². The Kier molecular flexibility index (Phi) is 45.4. The molecular weight excluding hydrogens is 806 g/mol. The highest BCUT2D eigenvalue weighted by Crippen LogP contribution is 2.38. The Labute approximate surface area is 390 Å². The Bertz CT molecular complexity index is 1190.